The summed E-state index contributed by atoms with van der Waals surface area (Å²) in [4.78, 5) is 11.5. The Bertz CT molecular complexity index is 410. The predicted octanol–water partition coefficient (Wildman–Crippen LogP) is 1.61. The van der Waals surface area contributed by atoms with E-state index < -0.39 is 11.6 Å². The molecule has 0 aliphatic heterocycles. The number of hydrogen-bond donors (Lipinski definition) is 2. The molecule has 100 valence electrons. The first-order valence-corrected chi connectivity index (χ1v) is 5.93. The second-order valence-electron chi connectivity index (χ2n) is 4.38. The Morgan fingerprint density at radius 3 is 2.78 bits per heavy atom. The lowest BCUT2D eigenvalue weighted by molar-refractivity contribution is -0.121. The van der Waals surface area contributed by atoms with Gasteiger partial charge in [0.1, 0.15) is 11.6 Å². The fourth-order valence-corrected chi connectivity index (χ4v) is 1.43. The number of carbonyl (C=O) groups excluding carboxylic acids is 1. The highest BCUT2D eigenvalue weighted by Gasteiger charge is 2.08. The second-order valence-corrected chi connectivity index (χ2v) is 4.38. The molecule has 3 N–H and O–H groups in total. The van der Waals surface area contributed by atoms with Gasteiger partial charge < -0.3 is 11.1 Å². The fourth-order valence-electron chi connectivity index (χ4n) is 1.43. The number of nitrogens with one attached hydrogen (secondary N) is 1. The van der Waals surface area contributed by atoms with E-state index in [0.717, 1.165) is 6.07 Å². The average molecular weight is 256 g/mol. The van der Waals surface area contributed by atoms with E-state index in [2.05, 4.69) is 5.32 Å². The van der Waals surface area contributed by atoms with Crippen molar-refractivity contribution in [2.75, 3.05) is 13.1 Å². The molecule has 0 radical (unpaired) electrons. The Morgan fingerprint density at radius 1 is 1.44 bits per heavy atom. The summed E-state index contributed by atoms with van der Waals surface area (Å²) in [5.74, 6) is -1.16. The molecule has 1 unspecified atom stereocenters. The Hall–Kier alpha value is -1.49. The van der Waals surface area contributed by atoms with Crippen LogP contribution in [0.5, 0.6) is 0 Å². The van der Waals surface area contributed by atoms with Crippen LogP contribution in [0.15, 0.2) is 18.2 Å². The Labute approximate surface area is 105 Å². The molecular weight excluding hydrogens is 238 g/mol. The molecule has 0 bridgehead atoms. The van der Waals surface area contributed by atoms with Crippen molar-refractivity contribution in [1.82, 2.24) is 5.32 Å². The maximum atomic E-state index is 13.3. The Kier molecular flexibility index (Phi) is 5.71. The zero-order valence-electron chi connectivity index (χ0n) is 10.4. The number of amides is 1. The maximum Gasteiger partial charge on any atom is 0.220 e. The van der Waals surface area contributed by atoms with Crippen LogP contribution in [0.25, 0.3) is 0 Å². The standard InChI is InChI=1S/C13H18F2N2O/c1-9(7-16)8-17-13(18)5-3-10-2-4-11(14)6-12(10)15/h2,4,6,9H,3,5,7-8,16H2,1H3,(H,17,18). The van der Waals surface area contributed by atoms with Crippen molar-refractivity contribution in [1.29, 1.82) is 0 Å². The van der Waals surface area contributed by atoms with Gasteiger partial charge in [0.05, 0.1) is 0 Å². The minimum Gasteiger partial charge on any atom is -0.356 e. The van der Waals surface area contributed by atoms with Crippen LogP contribution in [0.1, 0.15) is 18.9 Å². The van der Waals surface area contributed by atoms with Gasteiger partial charge in [-0.25, -0.2) is 8.78 Å². The highest BCUT2D eigenvalue weighted by Crippen LogP contribution is 2.11. The Balaban J connectivity index is 2.38. The largest absolute Gasteiger partial charge is 0.356 e. The minimum atomic E-state index is -0.613. The molecule has 1 aromatic rings. The van der Waals surface area contributed by atoms with Gasteiger partial charge in [0.15, 0.2) is 0 Å². The van der Waals surface area contributed by atoms with Crippen molar-refractivity contribution in [2.24, 2.45) is 11.7 Å². The fraction of sp³-hybridized carbons (Fsp3) is 0.462. The van der Waals surface area contributed by atoms with Crippen LogP contribution in [0.4, 0.5) is 8.78 Å². The third-order valence-electron chi connectivity index (χ3n) is 2.69. The van der Waals surface area contributed by atoms with Crippen LogP contribution in [0.3, 0.4) is 0 Å². The molecule has 1 amide bonds. The highest BCUT2D eigenvalue weighted by molar-refractivity contribution is 5.76. The van der Waals surface area contributed by atoms with Gasteiger partial charge in [-0.3, -0.25) is 4.79 Å². The van der Waals surface area contributed by atoms with Crippen molar-refractivity contribution in [3.05, 3.63) is 35.4 Å². The smallest absolute Gasteiger partial charge is 0.220 e. The van der Waals surface area contributed by atoms with Gasteiger partial charge in [0, 0.05) is 19.0 Å². The van der Waals surface area contributed by atoms with Gasteiger partial charge >= 0.3 is 0 Å². The third-order valence-corrected chi connectivity index (χ3v) is 2.69. The van der Waals surface area contributed by atoms with Crippen LogP contribution in [-0.4, -0.2) is 19.0 Å². The van der Waals surface area contributed by atoms with Gasteiger partial charge in [-0.15, -0.1) is 0 Å². The summed E-state index contributed by atoms with van der Waals surface area (Å²) in [6.07, 6.45) is 0.439. The number of hydrogen-bond acceptors (Lipinski definition) is 2. The summed E-state index contributed by atoms with van der Waals surface area (Å²) in [5.41, 5.74) is 5.77. The number of nitrogens with two attached hydrogens (primary N) is 1. The van der Waals surface area contributed by atoms with Gasteiger partial charge in [-0.2, -0.15) is 0 Å². The van der Waals surface area contributed by atoms with Crippen LogP contribution in [0, 0.1) is 17.6 Å². The number of aryl methyl sites for hydroxylation is 1. The van der Waals surface area contributed by atoms with E-state index in [9.17, 15) is 13.6 Å². The maximum absolute atomic E-state index is 13.3. The first-order chi connectivity index (χ1) is 8.52. The van der Waals surface area contributed by atoms with Crippen molar-refractivity contribution in [3.63, 3.8) is 0 Å². The van der Waals surface area contributed by atoms with Crippen molar-refractivity contribution in [3.8, 4) is 0 Å². The molecule has 0 saturated heterocycles. The topological polar surface area (TPSA) is 55.1 Å². The Morgan fingerprint density at radius 2 is 2.17 bits per heavy atom. The van der Waals surface area contributed by atoms with Crippen LogP contribution >= 0.6 is 0 Å². The first kappa shape index (κ1) is 14.6. The molecule has 3 nitrogen and oxygen atoms in total. The lowest BCUT2D eigenvalue weighted by atomic mass is 10.1. The molecule has 0 saturated carbocycles. The molecule has 0 heterocycles. The van der Waals surface area contributed by atoms with E-state index in [0.29, 0.717) is 18.7 Å². The van der Waals surface area contributed by atoms with E-state index in [-0.39, 0.29) is 24.7 Å². The summed E-state index contributed by atoms with van der Waals surface area (Å²) in [6, 6.07) is 3.37. The van der Waals surface area contributed by atoms with Crippen molar-refractivity contribution in [2.45, 2.75) is 19.8 Å². The summed E-state index contributed by atoms with van der Waals surface area (Å²) < 4.78 is 25.9. The van der Waals surface area contributed by atoms with Gasteiger partial charge in [-0.1, -0.05) is 13.0 Å². The molecule has 0 fully saturated rings. The monoisotopic (exact) mass is 256 g/mol. The summed E-state index contributed by atoms with van der Waals surface area (Å²) >= 11 is 0. The van der Waals surface area contributed by atoms with Crippen LogP contribution < -0.4 is 11.1 Å². The van der Waals surface area contributed by atoms with Crippen LogP contribution in [0.2, 0.25) is 0 Å². The average Bonchev–Trinajstić information content (AvgIpc) is 2.34. The molecule has 0 spiro atoms. The minimum absolute atomic E-state index is 0.154. The zero-order chi connectivity index (χ0) is 13.5. The quantitative estimate of drug-likeness (QED) is 0.812. The molecule has 5 heteroatoms. The number of benzene rings is 1. The zero-order valence-corrected chi connectivity index (χ0v) is 10.4. The molecule has 1 aromatic carbocycles. The normalized spacial score (nSPS) is 12.2. The van der Waals surface area contributed by atoms with E-state index in [1.165, 1.54) is 12.1 Å². The first-order valence-electron chi connectivity index (χ1n) is 5.93. The molecule has 0 aromatic heterocycles. The molecule has 0 aliphatic carbocycles. The lowest BCUT2D eigenvalue weighted by Gasteiger charge is -2.10. The molecule has 1 atom stereocenters. The molecule has 18 heavy (non-hydrogen) atoms. The molecule has 1 rings (SSSR count). The lowest BCUT2D eigenvalue weighted by Crippen LogP contribution is -2.31. The van der Waals surface area contributed by atoms with E-state index in [4.69, 9.17) is 5.73 Å². The summed E-state index contributed by atoms with van der Waals surface area (Å²) in [6.45, 7) is 2.95. The van der Waals surface area contributed by atoms with E-state index in [1.54, 1.807) is 0 Å². The third kappa shape index (κ3) is 4.79. The molecular formula is C13H18F2N2O. The van der Waals surface area contributed by atoms with Gasteiger partial charge in [-0.05, 0) is 30.5 Å². The van der Waals surface area contributed by atoms with Crippen molar-refractivity contribution < 1.29 is 13.6 Å². The number of halogens is 2. The SMILES string of the molecule is CC(CN)CNC(=O)CCc1ccc(F)cc1F. The predicted molar refractivity (Wildman–Crippen MR) is 65.9 cm³/mol. The van der Waals surface area contributed by atoms with E-state index >= 15 is 0 Å². The summed E-state index contributed by atoms with van der Waals surface area (Å²) in [5, 5.41) is 2.72. The molecule has 0 aliphatic rings. The summed E-state index contributed by atoms with van der Waals surface area (Å²) in [7, 11) is 0. The van der Waals surface area contributed by atoms with Crippen molar-refractivity contribution >= 4 is 5.91 Å². The second kappa shape index (κ2) is 7.06. The van der Waals surface area contributed by atoms with Crippen LogP contribution in [-0.2, 0) is 11.2 Å². The van der Waals surface area contributed by atoms with E-state index in [1.807, 2.05) is 6.92 Å². The number of carbonyl (C=O) groups is 1. The highest BCUT2D eigenvalue weighted by atomic mass is 19.1. The van der Waals surface area contributed by atoms with Gasteiger partial charge in [0.25, 0.3) is 0 Å². The number of rotatable bonds is 6. The van der Waals surface area contributed by atoms with Gasteiger partial charge in [0.2, 0.25) is 5.91 Å².